The molecular weight excluding hydrogens is 298 g/mol. The van der Waals surface area contributed by atoms with E-state index in [0.29, 0.717) is 5.15 Å². The zero-order valence-electron chi connectivity index (χ0n) is 12.6. The first-order valence-corrected chi connectivity index (χ1v) is 7.91. The van der Waals surface area contributed by atoms with Gasteiger partial charge in [0.25, 0.3) is 0 Å². The number of ether oxygens (including phenoxy) is 1. The van der Waals surface area contributed by atoms with Crippen molar-refractivity contribution in [2.24, 2.45) is 0 Å². The Balaban J connectivity index is 1.66. The highest BCUT2D eigenvalue weighted by molar-refractivity contribution is 6.29. The number of aromatic nitrogens is 1. The minimum Gasteiger partial charge on any atom is -0.378 e. The number of nitrogens with one attached hydrogen (secondary N) is 1. The van der Waals surface area contributed by atoms with Crippen LogP contribution in [-0.4, -0.2) is 31.3 Å². The molecule has 1 N–H and O–H groups in total. The molecule has 0 saturated carbocycles. The molecule has 2 heterocycles. The van der Waals surface area contributed by atoms with Crippen molar-refractivity contribution in [3.63, 3.8) is 0 Å². The second-order valence-electron chi connectivity index (χ2n) is 5.42. The lowest BCUT2D eigenvalue weighted by Gasteiger charge is -2.29. The Morgan fingerprint density at radius 2 is 1.91 bits per heavy atom. The number of halogens is 1. The minimum absolute atomic E-state index is 0.206. The SMILES string of the molecule is CC(Nc1ccnc(Cl)c1)c1ccc(N2CCOCC2)cc1. The van der Waals surface area contributed by atoms with Gasteiger partial charge in [-0.15, -0.1) is 0 Å². The second-order valence-corrected chi connectivity index (χ2v) is 5.81. The highest BCUT2D eigenvalue weighted by Gasteiger charge is 2.12. The Labute approximate surface area is 136 Å². The van der Waals surface area contributed by atoms with E-state index < -0.39 is 0 Å². The molecule has 116 valence electrons. The first-order valence-electron chi connectivity index (χ1n) is 7.53. The van der Waals surface area contributed by atoms with E-state index in [9.17, 15) is 0 Å². The van der Waals surface area contributed by atoms with Gasteiger partial charge in [0.15, 0.2) is 0 Å². The summed E-state index contributed by atoms with van der Waals surface area (Å²) in [4.78, 5) is 6.35. The molecule has 1 fully saturated rings. The quantitative estimate of drug-likeness (QED) is 0.872. The summed E-state index contributed by atoms with van der Waals surface area (Å²) in [5.74, 6) is 0. The molecule has 0 amide bonds. The number of hydrogen-bond acceptors (Lipinski definition) is 4. The van der Waals surface area contributed by atoms with E-state index in [1.165, 1.54) is 11.3 Å². The number of nitrogens with zero attached hydrogens (tertiary/aromatic N) is 2. The highest BCUT2D eigenvalue weighted by Crippen LogP contribution is 2.23. The predicted octanol–water partition coefficient (Wildman–Crippen LogP) is 3.74. The molecule has 0 aliphatic carbocycles. The van der Waals surface area contributed by atoms with Crippen molar-refractivity contribution in [1.82, 2.24) is 4.98 Å². The van der Waals surface area contributed by atoms with Crippen LogP contribution < -0.4 is 10.2 Å². The van der Waals surface area contributed by atoms with Gasteiger partial charge in [0.05, 0.1) is 13.2 Å². The maximum absolute atomic E-state index is 5.91. The van der Waals surface area contributed by atoms with Gasteiger partial charge in [-0.2, -0.15) is 0 Å². The second kappa shape index (κ2) is 6.99. The fourth-order valence-corrected chi connectivity index (χ4v) is 2.79. The molecule has 1 aromatic heterocycles. The first-order chi connectivity index (χ1) is 10.7. The van der Waals surface area contributed by atoms with Gasteiger partial charge in [0, 0.05) is 36.7 Å². The number of morpholine rings is 1. The van der Waals surface area contributed by atoms with Gasteiger partial charge in [0.2, 0.25) is 0 Å². The highest BCUT2D eigenvalue weighted by atomic mass is 35.5. The van der Waals surface area contributed by atoms with E-state index in [1.54, 1.807) is 6.20 Å². The molecule has 1 atom stereocenters. The van der Waals surface area contributed by atoms with Crippen LogP contribution in [0.1, 0.15) is 18.5 Å². The van der Waals surface area contributed by atoms with Crippen LogP contribution in [0, 0.1) is 0 Å². The standard InChI is InChI=1S/C17H20ClN3O/c1-13(20-15-6-7-19-17(18)12-15)14-2-4-16(5-3-14)21-8-10-22-11-9-21/h2-7,12-13H,8-11H2,1H3,(H,19,20). The van der Waals surface area contributed by atoms with Gasteiger partial charge < -0.3 is 15.0 Å². The molecule has 1 aliphatic heterocycles. The molecule has 5 heteroatoms. The number of anilines is 2. The third kappa shape index (κ3) is 3.70. The minimum atomic E-state index is 0.206. The lowest BCUT2D eigenvalue weighted by molar-refractivity contribution is 0.122. The van der Waals surface area contributed by atoms with Crippen molar-refractivity contribution in [3.05, 3.63) is 53.3 Å². The molecule has 0 bridgehead atoms. The van der Waals surface area contributed by atoms with Gasteiger partial charge in [-0.05, 0) is 36.8 Å². The van der Waals surface area contributed by atoms with Crippen molar-refractivity contribution in [2.75, 3.05) is 36.5 Å². The van der Waals surface area contributed by atoms with Gasteiger partial charge in [-0.3, -0.25) is 0 Å². The third-order valence-electron chi connectivity index (χ3n) is 3.88. The summed E-state index contributed by atoms with van der Waals surface area (Å²) in [5.41, 5.74) is 3.47. The lowest BCUT2D eigenvalue weighted by atomic mass is 10.1. The third-order valence-corrected chi connectivity index (χ3v) is 4.09. The molecule has 22 heavy (non-hydrogen) atoms. The molecule has 4 nitrogen and oxygen atoms in total. The van der Waals surface area contributed by atoms with Crippen LogP contribution in [0.5, 0.6) is 0 Å². The molecular formula is C17H20ClN3O. The summed E-state index contributed by atoms with van der Waals surface area (Å²) in [6.07, 6.45) is 1.71. The van der Waals surface area contributed by atoms with Crippen molar-refractivity contribution in [1.29, 1.82) is 0 Å². The molecule has 1 unspecified atom stereocenters. The smallest absolute Gasteiger partial charge is 0.131 e. The fourth-order valence-electron chi connectivity index (χ4n) is 2.62. The number of benzene rings is 1. The number of hydrogen-bond donors (Lipinski definition) is 1. The van der Waals surface area contributed by atoms with Crippen LogP contribution in [0.3, 0.4) is 0 Å². The van der Waals surface area contributed by atoms with E-state index in [2.05, 4.69) is 46.4 Å². The van der Waals surface area contributed by atoms with Crippen LogP contribution in [0.25, 0.3) is 0 Å². The largest absolute Gasteiger partial charge is 0.378 e. The summed E-state index contributed by atoms with van der Waals surface area (Å²) >= 11 is 5.91. The Morgan fingerprint density at radius 1 is 1.18 bits per heavy atom. The Hall–Kier alpha value is -1.78. The lowest BCUT2D eigenvalue weighted by Crippen LogP contribution is -2.36. The monoisotopic (exact) mass is 317 g/mol. The average molecular weight is 318 g/mol. The Bertz CT molecular complexity index is 612. The van der Waals surface area contributed by atoms with Crippen LogP contribution in [0.4, 0.5) is 11.4 Å². The van der Waals surface area contributed by atoms with Gasteiger partial charge in [0.1, 0.15) is 5.15 Å². The molecule has 0 spiro atoms. The first kappa shape index (κ1) is 15.1. The van der Waals surface area contributed by atoms with Crippen molar-refractivity contribution in [3.8, 4) is 0 Å². The normalized spacial score (nSPS) is 16.4. The van der Waals surface area contributed by atoms with Crippen molar-refractivity contribution >= 4 is 23.0 Å². The van der Waals surface area contributed by atoms with E-state index >= 15 is 0 Å². The number of pyridine rings is 1. The van der Waals surface area contributed by atoms with E-state index in [0.717, 1.165) is 32.0 Å². The van der Waals surface area contributed by atoms with Gasteiger partial charge in [-0.25, -0.2) is 4.98 Å². The summed E-state index contributed by atoms with van der Waals surface area (Å²) in [6.45, 7) is 5.68. The topological polar surface area (TPSA) is 37.4 Å². The molecule has 1 saturated heterocycles. The summed E-state index contributed by atoms with van der Waals surface area (Å²) < 4.78 is 5.39. The maximum Gasteiger partial charge on any atom is 0.131 e. The Kier molecular flexibility index (Phi) is 4.80. The van der Waals surface area contributed by atoms with Crippen LogP contribution in [0.15, 0.2) is 42.6 Å². The molecule has 2 aromatic rings. The predicted molar refractivity (Wildman–Crippen MR) is 90.8 cm³/mol. The molecule has 1 aliphatic rings. The van der Waals surface area contributed by atoms with Crippen molar-refractivity contribution < 1.29 is 4.74 Å². The van der Waals surface area contributed by atoms with E-state index in [-0.39, 0.29) is 6.04 Å². The zero-order chi connectivity index (χ0) is 15.4. The van der Waals surface area contributed by atoms with Crippen molar-refractivity contribution in [2.45, 2.75) is 13.0 Å². The number of rotatable bonds is 4. The fraction of sp³-hybridized carbons (Fsp3) is 0.353. The van der Waals surface area contributed by atoms with Crippen LogP contribution in [0.2, 0.25) is 5.15 Å². The van der Waals surface area contributed by atoms with E-state index in [1.807, 2.05) is 12.1 Å². The molecule has 0 radical (unpaired) electrons. The van der Waals surface area contributed by atoms with Crippen LogP contribution >= 0.6 is 11.6 Å². The van der Waals surface area contributed by atoms with Crippen LogP contribution in [-0.2, 0) is 4.74 Å². The summed E-state index contributed by atoms with van der Waals surface area (Å²) in [7, 11) is 0. The molecule has 1 aromatic carbocycles. The summed E-state index contributed by atoms with van der Waals surface area (Å²) in [6, 6.07) is 12.7. The average Bonchev–Trinajstić information content (AvgIpc) is 2.56. The van der Waals surface area contributed by atoms with E-state index in [4.69, 9.17) is 16.3 Å². The zero-order valence-corrected chi connectivity index (χ0v) is 13.4. The summed E-state index contributed by atoms with van der Waals surface area (Å²) in [5, 5.41) is 3.94. The maximum atomic E-state index is 5.91. The molecule has 3 rings (SSSR count). The Morgan fingerprint density at radius 3 is 2.59 bits per heavy atom. The van der Waals surface area contributed by atoms with Gasteiger partial charge in [-0.1, -0.05) is 23.7 Å². The van der Waals surface area contributed by atoms with Gasteiger partial charge >= 0.3 is 0 Å².